The molecule has 0 amide bonds. The molecule has 14 heavy (non-hydrogen) atoms. The topological polar surface area (TPSA) is 41.5 Å². The van der Waals surface area contributed by atoms with Crippen LogP contribution in [0.25, 0.3) is 0 Å². The maximum Gasteiger partial charge on any atom is 0.264 e. The quantitative estimate of drug-likeness (QED) is 0.736. The van der Waals surface area contributed by atoms with Crippen LogP contribution in [0.2, 0.25) is 0 Å². The Morgan fingerprint density at radius 1 is 1.50 bits per heavy atom. The van der Waals surface area contributed by atoms with Crippen molar-refractivity contribution in [1.29, 1.82) is 0 Å². The molecule has 0 fully saturated rings. The number of nitrogens with one attached hydrogen (secondary N) is 1. The van der Waals surface area contributed by atoms with Gasteiger partial charge >= 0.3 is 0 Å². The molecule has 0 radical (unpaired) electrons. The van der Waals surface area contributed by atoms with Crippen molar-refractivity contribution in [3.63, 3.8) is 0 Å². The van der Waals surface area contributed by atoms with Crippen LogP contribution in [0, 0.1) is 0 Å². The van der Waals surface area contributed by atoms with Gasteiger partial charge in [0.15, 0.2) is 0 Å². The lowest BCUT2D eigenvalue weighted by Crippen LogP contribution is -2.10. The molecule has 0 saturated carbocycles. The van der Waals surface area contributed by atoms with Gasteiger partial charge in [-0.1, -0.05) is 12.1 Å². The Labute approximate surface area is 80.3 Å². The highest BCUT2D eigenvalue weighted by Gasteiger charge is 2.15. The summed E-state index contributed by atoms with van der Waals surface area (Å²) in [5, 5.41) is 8.50. The zero-order chi connectivity index (χ0) is 10.6. The molecule has 3 nitrogen and oxygen atoms in total. The molecular weight excluding hydrogens is 192 g/mol. The van der Waals surface area contributed by atoms with Gasteiger partial charge in [-0.3, -0.25) is 0 Å². The average Bonchev–Trinajstić information content (AvgIpc) is 2.18. The van der Waals surface area contributed by atoms with E-state index in [9.17, 15) is 8.78 Å². The summed E-state index contributed by atoms with van der Waals surface area (Å²) >= 11 is 0. The molecule has 1 aromatic rings. The summed E-state index contributed by atoms with van der Waals surface area (Å²) in [7, 11) is 1.39. The van der Waals surface area contributed by atoms with Gasteiger partial charge in [0.1, 0.15) is 5.75 Å². The number of ether oxygens (including phenoxy) is 1. The maximum absolute atomic E-state index is 12.5. The summed E-state index contributed by atoms with van der Waals surface area (Å²) in [6.07, 6.45) is -2.58. The fourth-order valence-corrected chi connectivity index (χ4v) is 1.25. The molecule has 1 aromatic carbocycles. The van der Waals surface area contributed by atoms with Gasteiger partial charge in [0, 0.05) is 17.7 Å². The van der Waals surface area contributed by atoms with Crippen molar-refractivity contribution in [2.75, 3.05) is 7.11 Å². The van der Waals surface area contributed by atoms with E-state index in [-0.39, 0.29) is 17.7 Å². The SMILES string of the molecule is COc1cccc(C(F)F)c1CNO. The second kappa shape index (κ2) is 4.88. The van der Waals surface area contributed by atoms with E-state index in [0.717, 1.165) is 0 Å². The van der Waals surface area contributed by atoms with E-state index in [2.05, 4.69) is 0 Å². The molecule has 0 bridgehead atoms. The van der Waals surface area contributed by atoms with Crippen LogP contribution in [0.4, 0.5) is 8.78 Å². The Morgan fingerprint density at radius 2 is 2.21 bits per heavy atom. The second-order valence-electron chi connectivity index (χ2n) is 2.66. The molecule has 0 atom stereocenters. The monoisotopic (exact) mass is 203 g/mol. The third-order valence-corrected chi connectivity index (χ3v) is 1.88. The van der Waals surface area contributed by atoms with Crippen LogP contribution in [-0.2, 0) is 6.54 Å². The minimum atomic E-state index is -2.58. The summed E-state index contributed by atoms with van der Waals surface area (Å²) in [5.74, 6) is 0.337. The fourth-order valence-electron chi connectivity index (χ4n) is 1.25. The van der Waals surface area contributed by atoms with Gasteiger partial charge in [0.25, 0.3) is 6.43 Å². The first-order valence-corrected chi connectivity index (χ1v) is 4.01. The van der Waals surface area contributed by atoms with Crippen LogP contribution in [0.3, 0.4) is 0 Å². The second-order valence-corrected chi connectivity index (χ2v) is 2.66. The molecular formula is C9H11F2NO2. The minimum absolute atomic E-state index is 0.0658. The van der Waals surface area contributed by atoms with Crippen molar-refractivity contribution >= 4 is 0 Å². The van der Waals surface area contributed by atoms with Crippen LogP contribution >= 0.6 is 0 Å². The maximum atomic E-state index is 12.5. The number of halogens is 2. The van der Waals surface area contributed by atoms with E-state index < -0.39 is 6.43 Å². The summed E-state index contributed by atoms with van der Waals surface area (Å²) in [5.41, 5.74) is 1.98. The van der Waals surface area contributed by atoms with Gasteiger partial charge < -0.3 is 9.94 Å². The third-order valence-electron chi connectivity index (χ3n) is 1.88. The van der Waals surface area contributed by atoms with E-state index in [4.69, 9.17) is 9.94 Å². The molecule has 0 aliphatic heterocycles. The molecule has 0 aromatic heterocycles. The standard InChI is InChI=1S/C9H11F2NO2/c1-14-8-4-2-3-6(9(10)11)7(8)5-12-13/h2-4,9,12-13H,5H2,1H3. The number of hydrogen-bond donors (Lipinski definition) is 2. The van der Waals surface area contributed by atoms with Gasteiger partial charge in [0.2, 0.25) is 0 Å². The van der Waals surface area contributed by atoms with Gasteiger partial charge in [-0.25, -0.2) is 14.3 Å². The van der Waals surface area contributed by atoms with Gasteiger partial charge in [-0.15, -0.1) is 0 Å². The van der Waals surface area contributed by atoms with Crippen LogP contribution < -0.4 is 10.2 Å². The Morgan fingerprint density at radius 3 is 2.71 bits per heavy atom. The van der Waals surface area contributed by atoms with Crippen LogP contribution in [-0.4, -0.2) is 12.3 Å². The first kappa shape index (κ1) is 10.9. The van der Waals surface area contributed by atoms with Crippen molar-refractivity contribution in [2.45, 2.75) is 13.0 Å². The molecule has 0 aliphatic carbocycles. The fraction of sp³-hybridized carbons (Fsp3) is 0.333. The summed E-state index contributed by atoms with van der Waals surface area (Å²) < 4.78 is 29.9. The molecule has 0 heterocycles. The van der Waals surface area contributed by atoms with Crippen LogP contribution in [0.1, 0.15) is 17.6 Å². The molecule has 1 rings (SSSR count). The number of alkyl halides is 2. The van der Waals surface area contributed by atoms with E-state index in [1.54, 1.807) is 6.07 Å². The minimum Gasteiger partial charge on any atom is -0.496 e. The van der Waals surface area contributed by atoms with Crippen molar-refractivity contribution in [2.24, 2.45) is 0 Å². The summed E-state index contributed by atoms with van der Waals surface area (Å²) in [6.45, 7) is -0.0658. The Kier molecular flexibility index (Phi) is 3.79. The predicted molar refractivity (Wildman–Crippen MR) is 46.6 cm³/mol. The molecule has 78 valence electrons. The average molecular weight is 203 g/mol. The lowest BCUT2D eigenvalue weighted by Gasteiger charge is -2.12. The summed E-state index contributed by atoms with van der Waals surface area (Å²) in [6, 6.07) is 4.36. The molecule has 2 N–H and O–H groups in total. The molecule has 0 aliphatic rings. The Hall–Kier alpha value is -1.20. The van der Waals surface area contributed by atoms with Crippen molar-refractivity contribution < 1.29 is 18.7 Å². The van der Waals surface area contributed by atoms with E-state index >= 15 is 0 Å². The highest BCUT2D eigenvalue weighted by atomic mass is 19.3. The normalized spacial score (nSPS) is 10.6. The van der Waals surface area contributed by atoms with E-state index in [0.29, 0.717) is 5.75 Å². The van der Waals surface area contributed by atoms with Crippen LogP contribution in [0.15, 0.2) is 18.2 Å². The zero-order valence-corrected chi connectivity index (χ0v) is 7.63. The Balaban J connectivity index is 3.13. The Bertz CT molecular complexity index is 305. The first-order valence-electron chi connectivity index (χ1n) is 4.01. The highest BCUT2D eigenvalue weighted by Crippen LogP contribution is 2.29. The van der Waals surface area contributed by atoms with Gasteiger partial charge in [-0.2, -0.15) is 0 Å². The smallest absolute Gasteiger partial charge is 0.264 e. The molecule has 5 heteroatoms. The van der Waals surface area contributed by atoms with E-state index in [1.165, 1.54) is 19.2 Å². The lowest BCUT2D eigenvalue weighted by atomic mass is 10.1. The highest BCUT2D eigenvalue weighted by molar-refractivity contribution is 5.40. The van der Waals surface area contributed by atoms with Gasteiger partial charge in [0.05, 0.1) is 7.11 Å². The molecule has 0 unspecified atom stereocenters. The predicted octanol–water partition coefficient (Wildman–Crippen LogP) is 2.11. The zero-order valence-electron chi connectivity index (χ0n) is 7.63. The first-order chi connectivity index (χ1) is 6.70. The number of hydrogen-bond acceptors (Lipinski definition) is 3. The largest absolute Gasteiger partial charge is 0.496 e. The van der Waals surface area contributed by atoms with Gasteiger partial charge in [-0.05, 0) is 6.07 Å². The van der Waals surface area contributed by atoms with Crippen molar-refractivity contribution in [1.82, 2.24) is 5.48 Å². The van der Waals surface area contributed by atoms with Crippen molar-refractivity contribution in [3.8, 4) is 5.75 Å². The molecule has 0 saturated heterocycles. The number of benzene rings is 1. The van der Waals surface area contributed by atoms with E-state index in [1.807, 2.05) is 5.48 Å². The third kappa shape index (κ3) is 2.18. The number of rotatable bonds is 4. The lowest BCUT2D eigenvalue weighted by molar-refractivity contribution is 0.141. The summed E-state index contributed by atoms with van der Waals surface area (Å²) in [4.78, 5) is 0. The number of methoxy groups -OCH3 is 1. The van der Waals surface area contributed by atoms with Crippen molar-refractivity contribution in [3.05, 3.63) is 29.3 Å². The van der Waals surface area contributed by atoms with Crippen LogP contribution in [0.5, 0.6) is 5.75 Å². The number of hydroxylamine groups is 1. The molecule has 0 spiro atoms.